The lowest BCUT2D eigenvalue weighted by Gasteiger charge is -2.34. The number of rotatable bonds is 4. The van der Waals surface area contributed by atoms with Gasteiger partial charge in [-0.05, 0) is 49.9 Å². The molecular formula is C21H25ClFN3. The zero-order valence-corrected chi connectivity index (χ0v) is 16.7. The van der Waals surface area contributed by atoms with Crippen LogP contribution >= 0.6 is 11.6 Å². The monoisotopic (exact) mass is 373 g/mol. The molecule has 0 aliphatic rings. The van der Waals surface area contributed by atoms with Crippen LogP contribution in [0.5, 0.6) is 0 Å². The van der Waals surface area contributed by atoms with Crippen molar-refractivity contribution in [1.29, 1.82) is 0 Å². The van der Waals surface area contributed by atoms with Crippen molar-refractivity contribution < 1.29 is 4.39 Å². The zero-order chi connectivity index (χ0) is 19.1. The van der Waals surface area contributed by atoms with E-state index in [9.17, 15) is 4.39 Å². The molecule has 2 heterocycles. The number of fused-ring (bicyclic) bond motifs is 1. The van der Waals surface area contributed by atoms with Gasteiger partial charge in [0.15, 0.2) is 0 Å². The standard InChI is InChI=1S/C21H25ClFN3/c1-20(2,3)13-21(4,5)25-19-18(15-8-6-7-9-16(15)23)24-17-11-10-14(22)12-26(17)19/h6-12,25H,13H2,1-5H3. The summed E-state index contributed by atoms with van der Waals surface area (Å²) in [5, 5.41) is 4.20. The lowest BCUT2D eigenvalue weighted by Crippen LogP contribution is -2.36. The smallest absolute Gasteiger partial charge is 0.139 e. The van der Waals surface area contributed by atoms with Gasteiger partial charge in [0.05, 0.1) is 5.02 Å². The van der Waals surface area contributed by atoms with Gasteiger partial charge >= 0.3 is 0 Å². The fourth-order valence-corrected chi connectivity index (χ4v) is 3.83. The van der Waals surface area contributed by atoms with Crippen LogP contribution in [0.3, 0.4) is 0 Å². The summed E-state index contributed by atoms with van der Waals surface area (Å²) in [4.78, 5) is 4.67. The first kappa shape index (κ1) is 18.7. The van der Waals surface area contributed by atoms with E-state index in [1.807, 2.05) is 22.7 Å². The maximum absolute atomic E-state index is 14.5. The second-order valence-corrected chi connectivity index (χ2v) is 9.05. The molecule has 0 aliphatic heterocycles. The van der Waals surface area contributed by atoms with E-state index in [1.165, 1.54) is 6.07 Å². The van der Waals surface area contributed by atoms with Crippen LogP contribution in [0.25, 0.3) is 16.9 Å². The summed E-state index contributed by atoms with van der Waals surface area (Å²) in [5.41, 5.74) is 1.72. The Kier molecular flexibility index (Phi) is 4.74. The summed E-state index contributed by atoms with van der Waals surface area (Å²) in [6, 6.07) is 10.3. The average molecular weight is 374 g/mol. The first-order chi connectivity index (χ1) is 12.1. The van der Waals surface area contributed by atoms with Crippen LogP contribution in [0, 0.1) is 11.2 Å². The molecule has 1 N–H and O–H groups in total. The predicted octanol–water partition coefficient (Wildman–Crippen LogP) is 6.42. The number of imidazole rings is 1. The van der Waals surface area contributed by atoms with Gasteiger partial charge in [-0.1, -0.05) is 44.5 Å². The van der Waals surface area contributed by atoms with Crippen LogP contribution in [-0.2, 0) is 0 Å². The summed E-state index contributed by atoms with van der Waals surface area (Å²) < 4.78 is 16.4. The fourth-order valence-electron chi connectivity index (χ4n) is 3.67. The van der Waals surface area contributed by atoms with Crippen LogP contribution in [0.1, 0.15) is 41.0 Å². The summed E-state index contributed by atoms with van der Waals surface area (Å²) >= 11 is 6.20. The van der Waals surface area contributed by atoms with Gasteiger partial charge in [-0.3, -0.25) is 4.40 Å². The van der Waals surface area contributed by atoms with E-state index >= 15 is 0 Å². The molecular weight excluding hydrogens is 349 g/mol. The zero-order valence-electron chi connectivity index (χ0n) is 15.9. The van der Waals surface area contributed by atoms with Crippen LogP contribution in [0.15, 0.2) is 42.6 Å². The Labute approximate surface area is 159 Å². The highest BCUT2D eigenvalue weighted by Crippen LogP contribution is 2.36. The Morgan fingerprint density at radius 2 is 1.77 bits per heavy atom. The highest BCUT2D eigenvalue weighted by atomic mass is 35.5. The SMILES string of the molecule is CC(C)(C)CC(C)(C)Nc1c(-c2ccccc2F)nc2ccc(Cl)cn12. The molecule has 2 aromatic heterocycles. The van der Waals surface area contributed by atoms with Gasteiger partial charge in [-0.2, -0.15) is 0 Å². The van der Waals surface area contributed by atoms with Gasteiger partial charge in [-0.15, -0.1) is 0 Å². The molecule has 0 fully saturated rings. The molecule has 0 saturated carbocycles. The number of benzene rings is 1. The van der Waals surface area contributed by atoms with Gasteiger partial charge in [0, 0.05) is 17.3 Å². The van der Waals surface area contributed by atoms with Crippen LogP contribution < -0.4 is 5.32 Å². The Hall–Kier alpha value is -2.07. The van der Waals surface area contributed by atoms with Gasteiger partial charge in [0.1, 0.15) is 23.0 Å². The molecule has 0 spiro atoms. The first-order valence-corrected chi connectivity index (χ1v) is 9.14. The molecule has 0 aliphatic carbocycles. The highest BCUT2D eigenvalue weighted by molar-refractivity contribution is 6.30. The van der Waals surface area contributed by atoms with Gasteiger partial charge in [-0.25, -0.2) is 9.37 Å². The largest absolute Gasteiger partial charge is 0.364 e. The van der Waals surface area contributed by atoms with Crippen molar-refractivity contribution in [3.63, 3.8) is 0 Å². The second kappa shape index (κ2) is 6.58. The first-order valence-electron chi connectivity index (χ1n) is 8.76. The Morgan fingerprint density at radius 3 is 2.42 bits per heavy atom. The fraction of sp³-hybridized carbons (Fsp3) is 0.381. The summed E-state index contributed by atoms with van der Waals surface area (Å²) in [5.74, 6) is 0.459. The number of anilines is 1. The van der Waals surface area contributed by atoms with E-state index in [-0.39, 0.29) is 16.8 Å². The molecule has 1 aromatic carbocycles. The van der Waals surface area contributed by atoms with E-state index in [0.717, 1.165) is 17.9 Å². The third-order valence-corrected chi connectivity index (χ3v) is 4.36. The van der Waals surface area contributed by atoms with Crippen LogP contribution in [0.4, 0.5) is 10.2 Å². The Morgan fingerprint density at radius 1 is 1.08 bits per heavy atom. The van der Waals surface area contributed by atoms with Gasteiger partial charge < -0.3 is 5.32 Å². The summed E-state index contributed by atoms with van der Waals surface area (Å²) in [6.07, 6.45) is 2.74. The second-order valence-electron chi connectivity index (χ2n) is 8.61. The molecule has 5 heteroatoms. The summed E-state index contributed by atoms with van der Waals surface area (Å²) in [6.45, 7) is 10.9. The van der Waals surface area contributed by atoms with E-state index in [4.69, 9.17) is 11.6 Å². The molecule has 3 nitrogen and oxygen atoms in total. The number of hydrogen-bond donors (Lipinski definition) is 1. The molecule has 0 radical (unpaired) electrons. The molecule has 0 atom stereocenters. The normalized spacial score (nSPS) is 12.6. The maximum Gasteiger partial charge on any atom is 0.139 e. The van der Waals surface area contributed by atoms with E-state index in [1.54, 1.807) is 18.2 Å². The number of nitrogens with one attached hydrogen (secondary N) is 1. The van der Waals surface area contributed by atoms with Crippen molar-refractivity contribution in [1.82, 2.24) is 9.38 Å². The highest BCUT2D eigenvalue weighted by Gasteiger charge is 2.28. The van der Waals surface area contributed by atoms with Crippen molar-refractivity contribution in [3.05, 3.63) is 53.4 Å². The molecule has 138 valence electrons. The molecule has 0 saturated heterocycles. The average Bonchev–Trinajstić information content (AvgIpc) is 2.82. The van der Waals surface area contributed by atoms with E-state index in [2.05, 4.69) is 44.9 Å². The van der Waals surface area contributed by atoms with E-state index < -0.39 is 0 Å². The van der Waals surface area contributed by atoms with Crippen LogP contribution in [-0.4, -0.2) is 14.9 Å². The number of pyridine rings is 1. The Bertz CT molecular complexity index is 938. The number of halogens is 2. The molecule has 3 aromatic rings. The lowest BCUT2D eigenvalue weighted by atomic mass is 9.82. The third-order valence-electron chi connectivity index (χ3n) is 4.14. The van der Waals surface area contributed by atoms with Crippen LogP contribution in [0.2, 0.25) is 5.02 Å². The summed E-state index contributed by atoms with van der Waals surface area (Å²) in [7, 11) is 0. The van der Waals surface area contributed by atoms with Gasteiger partial charge in [0.25, 0.3) is 0 Å². The predicted molar refractivity (Wildman–Crippen MR) is 107 cm³/mol. The number of hydrogen-bond acceptors (Lipinski definition) is 2. The van der Waals surface area contributed by atoms with Crippen molar-refractivity contribution in [2.75, 3.05) is 5.32 Å². The topological polar surface area (TPSA) is 29.3 Å². The van der Waals surface area contributed by atoms with Gasteiger partial charge in [0.2, 0.25) is 0 Å². The maximum atomic E-state index is 14.5. The quantitative estimate of drug-likeness (QED) is 0.571. The minimum atomic E-state index is -0.293. The minimum absolute atomic E-state index is 0.146. The molecule has 0 unspecified atom stereocenters. The molecule has 3 rings (SSSR count). The minimum Gasteiger partial charge on any atom is -0.364 e. The molecule has 26 heavy (non-hydrogen) atoms. The molecule has 0 amide bonds. The van der Waals surface area contributed by atoms with Crippen molar-refractivity contribution in [2.24, 2.45) is 5.41 Å². The number of aromatic nitrogens is 2. The molecule has 0 bridgehead atoms. The third kappa shape index (κ3) is 4.01. The van der Waals surface area contributed by atoms with E-state index in [0.29, 0.717) is 16.3 Å². The number of nitrogens with zero attached hydrogens (tertiary/aromatic N) is 2. The Balaban J connectivity index is 2.17. The van der Waals surface area contributed by atoms with Crippen molar-refractivity contribution in [2.45, 2.75) is 46.6 Å². The van der Waals surface area contributed by atoms with Crippen molar-refractivity contribution in [3.8, 4) is 11.3 Å². The lowest BCUT2D eigenvalue weighted by molar-refractivity contribution is 0.302. The van der Waals surface area contributed by atoms with Crippen molar-refractivity contribution >= 4 is 23.1 Å².